The van der Waals surface area contributed by atoms with Gasteiger partial charge in [-0.2, -0.15) is 4.98 Å². The fourth-order valence-electron chi connectivity index (χ4n) is 2.61. The number of nitrogens with zero attached hydrogens (tertiary/aromatic N) is 3. The van der Waals surface area contributed by atoms with Crippen LogP contribution in [0.1, 0.15) is 48.0 Å². The van der Waals surface area contributed by atoms with Gasteiger partial charge in [-0.3, -0.25) is 9.59 Å². The predicted molar refractivity (Wildman–Crippen MR) is 78.4 cm³/mol. The van der Waals surface area contributed by atoms with E-state index in [9.17, 15) is 9.59 Å². The molecule has 1 aliphatic rings. The Morgan fingerprint density at radius 2 is 2.17 bits per heavy atom. The Balaban J connectivity index is 1.52. The van der Waals surface area contributed by atoms with E-state index >= 15 is 0 Å². The molecule has 0 bridgehead atoms. The van der Waals surface area contributed by atoms with Gasteiger partial charge in [0.2, 0.25) is 11.8 Å². The molecule has 1 saturated heterocycles. The number of furan rings is 1. The molecule has 3 heterocycles. The van der Waals surface area contributed by atoms with Gasteiger partial charge in [-0.05, 0) is 25.0 Å². The van der Waals surface area contributed by atoms with Crippen molar-refractivity contribution in [3.05, 3.63) is 35.9 Å². The topological polar surface area (TPSA) is 101 Å². The molecule has 122 valence electrons. The first-order chi connectivity index (χ1) is 11.1. The summed E-state index contributed by atoms with van der Waals surface area (Å²) in [6.45, 7) is 3.14. The number of likely N-dealkylation sites (tertiary alicyclic amines) is 1. The van der Waals surface area contributed by atoms with Crippen LogP contribution in [0.3, 0.4) is 0 Å². The monoisotopic (exact) mass is 318 g/mol. The van der Waals surface area contributed by atoms with Crippen LogP contribution in [0.15, 0.2) is 27.3 Å². The van der Waals surface area contributed by atoms with E-state index in [1.807, 2.05) is 4.90 Å². The molecule has 0 atom stereocenters. The van der Waals surface area contributed by atoms with Crippen LogP contribution in [0.5, 0.6) is 0 Å². The molecule has 0 radical (unpaired) electrons. The zero-order valence-corrected chi connectivity index (χ0v) is 12.8. The molecule has 23 heavy (non-hydrogen) atoms. The lowest BCUT2D eigenvalue weighted by Gasteiger charge is -2.29. The second-order valence-electron chi connectivity index (χ2n) is 5.49. The van der Waals surface area contributed by atoms with Crippen molar-refractivity contribution in [1.29, 1.82) is 0 Å². The predicted octanol–water partition coefficient (Wildman–Crippen LogP) is 1.32. The first-order valence-corrected chi connectivity index (χ1v) is 7.53. The normalized spacial score (nSPS) is 15.6. The largest absolute Gasteiger partial charge is 0.459 e. The van der Waals surface area contributed by atoms with E-state index in [4.69, 9.17) is 8.94 Å². The van der Waals surface area contributed by atoms with E-state index in [0.717, 1.165) is 12.8 Å². The highest BCUT2D eigenvalue weighted by Crippen LogP contribution is 2.25. The van der Waals surface area contributed by atoms with Crippen LogP contribution in [0.2, 0.25) is 0 Å². The SMILES string of the molecule is CC(=O)N1CCC(c2noc(CNC(=O)c3ccco3)n2)CC1. The Morgan fingerprint density at radius 1 is 1.39 bits per heavy atom. The van der Waals surface area contributed by atoms with Crippen LogP contribution in [0.25, 0.3) is 0 Å². The fraction of sp³-hybridized carbons (Fsp3) is 0.467. The Morgan fingerprint density at radius 3 is 2.83 bits per heavy atom. The third-order valence-corrected chi connectivity index (χ3v) is 3.93. The maximum atomic E-state index is 11.8. The van der Waals surface area contributed by atoms with E-state index in [2.05, 4.69) is 15.5 Å². The molecule has 1 N–H and O–H groups in total. The fourth-order valence-corrected chi connectivity index (χ4v) is 2.61. The zero-order chi connectivity index (χ0) is 16.2. The smallest absolute Gasteiger partial charge is 0.287 e. The molecule has 0 aromatic carbocycles. The lowest BCUT2D eigenvalue weighted by molar-refractivity contribution is -0.129. The number of amides is 2. The summed E-state index contributed by atoms with van der Waals surface area (Å²) in [4.78, 5) is 29.2. The zero-order valence-electron chi connectivity index (χ0n) is 12.8. The van der Waals surface area contributed by atoms with Gasteiger partial charge < -0.3 is 19.2 Å². The maximum Gasteiger partial charge on any atom is 0.287 e. The highest BCUT2D eigenvalue weighted by Gasteiger charge is 2.25. The average Bonchev–Trinajstić information content (AvgIpc) is 3.24. The Bertz CT molecular complexity index is 671. The second kappa shape index (κ2) is 6.64. The molecule has 0 spiro atoms. The number of hydrogen-bond donors (Lipinski definition) is 1. The van der Waals surface area contributed by atoms with Crippen molar-refractivity contribution in [3.8, 4) is 0 Å². The minimum Gasteiger partial charge on any atom is -0.459 e. The number of aromatic nitrogens is 2. The number of hydrogen-bond acceptors (Lipinski definition) is 6. The summed E-state index contributed by atoms with van der Waals surface area (Å²) in [5.74, 6) is 1.18. The number of carbonyl (C=O) groups excluding carboxylic acids is 2. The third kappa shape index (κ3) is 3.58. The highest BCUT2D eigenvalue weighted by molar-refractivity contribution is 5.91. The van der Waals surface area contributed by atoms with Gasteiger partial charge in [0.05, 0.1) is 12.8 Å². The van der Waals surface area contributed by atoms with Crippen molar-refractivity contribution in [1.82, 2.24) is 20.4 Å². The van der Waals surface area contributed by atoms with Crippen LogP contribution in [0.4, 0.5) is 0 Å². The van der Waals surface area contributed by atoms with E-state index in [0.29, 0.717) is 24.8 Å². The Hall–Kier alpha value is -2.64. The quantitative estimate of drug-likeness (QED) is 0.912. The molecular formula is C15H18N4O4. The molecule has 3 rings (SSSR count). The van der Waals surface area contributed by atoms with E-state index in [1.54, 1.807) is 19.1 Å². The summed E-state index contributed by atoms with van der Waals surface area (Å²) in [6.07, 6.45) is 3.07. The highest BCUT2D eigenvalue weighted by atomic mass is 16.5. The molecule has 1 fully saturated rings. The molecule has 1 aliphatic heterocycles. The number of rotatable bonds is 4. The number of carbonyl (C=O) groups is 2. The van der Waals surface area contributed by atoms with Crippen LogP contribution < -0.4 is 5.32 Å². The van der Waals surface area contributed by atoms with Crippen LogP contribution >= 0.6 is 0 Å². The molecule has 0 unspecified atom stereocenters. The summed E-state index contributed by atoms with van der Waals surface area (Å²) in [7, 11) is 0. The molecular weight excluding hydrogens is 300 g/mol. The summed E-state index contributed by atoms with van der Waals surface area (Å²) >= 11 is 0. The van der Waals surface area contributed by atoms with Crippen LogP contribution in [-0.2, 0) is 11.3 Å². The van der Waals surface area contributed by atoms with Gasteiger partial charge in [-0.15, -0.1) is 0 Å². The summed E-state index contributed by atoms with van der Waals surface area (Å²) < 4.78 is 10.2. The van der Waals surface area contributed by atoms with E-state index in [1.165, 1.54) is 6.26 Å². The van der Waals surface area contributed by atoms with Gasteiger partial charge in [-0.1, -0.05) is 5.16 Å². The van der Waals surface area contributed by atoms with Crippen molar-refractivity contribution in [2.75, 3.05) is 13.1 Å². The molecule has 2 aromatic heterocycles. The standard InChI is InChI=1S/C15H18N4O4/c1-10(20)19-6-4-11(5-7-19)14-17-13(23-18-14)9-16-15(21)12-3-2-8-22-12/h2-3,8,11H,4-7,9H2,1H3,(H,16,21). The van der Waals surface area contributed by atoms with Crippen molar-refractivity contribution < 1.29 is 18.5 Å². The van der Waals surface area contributed by atoms with Gasteiger partial charge >= 0.3 is 0 Å². The van der Waals surface area contributed by atoms with E-state index in [-0.39, 0.29) is 30.0 Å². The minimum absolute atomic E-state index is 0.0953. The van der Waals surface area contributed by atoms with Crippen molar-refractivity contribution >= 4 is 11.8 Å². The lowest BCUT2D eigenvalue weighted by atomic mass is 9.96. The second-order valence-corrected chi connectivity index (χ2v) is 5.49. The lowest BCUT2D eigenvalue weighted by Crippen LogP contribution is -2.36. The van der Waals surface area contributed by atoms with Gasteiger partial charge in [0.25, 0.3) is 5.91 Å². The first kappa shape index (κ1) is 15.3. The molecule has 8 heteroatoms. The van der Waals surface area contributed by atoms with Gasteiger partial charge in [0, 0.05) is 25.9 Å². The van der Waals surface area contributed by atoms with Crippen LogP contribution in [0, 0.1) is 0 Å². The molecule has 8 nitrogen and oxygen atoms in total. The van der Waals surface area contributed by atoms with E-state index < -0.39 is 0 Å². The average molecular weight is 318 g/mol. The maximum absolute atomic E-state index is 11.8. The Labute approximate surface area is 132 Å². The third-order valence-electron chi connectivity index (χ3n) is 3.93. The van der Waals surface area contributed by atoms with Crippen molar-refractivity contribution in [3.63, 3.8) is 0 Å². The summed E-state index contributed by atoms with van der Waals surface area (Å²) in [5.41, 5.74) is 0. The van der Waals surface area contributed by atoms with Gasteiger partial charge in [-0.25, -0.2) is 0 Å². The molecule has 0 aliphatic carbocycles. The van der Waals surface area contributed by atoms with Crippen LogP contribution in [-0.4, -0.2) is 39.9 Å². The van der Waals surface area contributed by atoms with Crippen molar-refractivity contribution in [2.24, 2.45) is 0 Å². The summed E-state index contributed by atoms with van der Waals surface area (Å²) in [6, 6.07) is 3.23. The molecule has 0 saturated carbocycles. The van der Waals surface area contributed by atoms with Crippen molar-refractivity contribution in [2.45, 2.75) is 32.2 Å². The number of piperidine rings is 1. The molecule has 2 aromatic rings. The molecule has 2 amide bonds. The van der Waals surface area contributed by atoms with Gasteiger partial charge in [0.1, 0.15) is 0 Å². The number of nitrogens with one attached hydrogen (secondary N) is 1. The first-order valence-electron chi connectivity index (χ1n) is 7.53. The minimum atomic E-state index is -0.329. The Kier molecular flexibility index (Phi) is 4.40. The van der Waals surface area contributed by atoms with Gasteiger partial charge in [0.15, 0.2) is 11.6 Å². The summed E-state index contributed by atoms with van der Waals surface area (Å²) in [5, 5.41) is 6.64.